The molecule has 1 N–H and O–H groups in total. The van der Waals surface area contributed by atoms with Gasteiger partial charge in [-0.3, -0.25) is 0 Å². The molecule has 0 aliphatic heterocycles. The summed E-state index contributed by atoms with van der Waals surface area (Å²) in [4.78, 5) is 2.84. The third-order valence-corrected chi connectivity index (χ3v) is 5.09. The average molecular weight is 392 g/mol. The normalized spacial score (nSPS) is 15.3. The van der Waals surface area contributed by atoms with Gasteiger partial charge in [-0.25, -0.2) is 0 Å². The smallest absolute Gasteiger partial charge is 0.357 e. The highest BCUT2D eigenvalue weighted by atomic mass is 32.3. The molecule has 6 nitrogen and oxygen atoms in total. The molecule has 0 radical (unpaired) electrons. The van der Waals surface area contributed by atoms with E-state index in [1.165, 1.54) is 13.1 Å². The molecule has 1 aromatic heterocycles. The number of rotatable bonds is 5. The highest BCUT2D eigenvalue weighted by Crippen LogP contribution is 2.45. The van der Waals surface area contributed by atoms with Crippen molar-refractivity contribution in [1.29, 1.82) is 0 Å². The number of alkyl halides is 3. The van der Waals surface area contributed by atoms with Crippen LogP contribution in [-0.2, 0) is 22.8 Å². The monoisotopic (exact) mass is 392 g/mol. The number of benzene rings is 1. The Kier molecular flexibility index (Phi) is 4.45. The molecule has 1 saturated carbocycles. The first-order chi connectivity index (χ1) is 12.1. The number of aryl methyl sites for hydroxylation is 1. The van der Waals surface area contributed by atoms with E-state index in [0.29, 0.717) is 5.56 Å². The summed E-state index contributed by atoms with van der Waals surface area (Å²) in [6, 6.07) is 2.57. The van der Waals surface area contributed by atoms with Crippen molar-refractivity contribution in [3.05, 3.63) is 29.1 Å². The minimum atomic E-state index is -5.04. The fraction of sp³-hybridized carbons (Fsp3) is 0.467. The number of hydrogen-bond donors (Lipinski definition) is 1. The summed E-state index contributed by atoms with van der Waals surface area (Å²) in [5.74, 6) is -1.52. The second kappa shape index (κ2) is 6.22. The second-order valence-corrected chi connectivity index (χ2v) is 7.32. The summed E-state index contributed by atoms with van der Waals surface area (Å²) in [5, 5.41) is 5.98. The molecule has 0 saturated heterocycles. The van der Waals surface area contributed by atoms with Gasteiger partial charge in [-0.05, 0) is 42.4 Å². The van der Waals surface area contributed by atoms with Crippen LogP contribution in [-0.4, -0.2) is 30.2 Å². The van der Waals surface area contributed by atoms with Crippen LogP contribution in [0, 0.1) is 0 Å². The SMILES string of the molecule is CCc1cc(C2CC2)c(-n2nc(C(F)(F)F)nc2NC)cc1S(=O)(=O)F. The van der Waals surface area contributed by atoms with E-state index in [9.17, 15) is 25.5 Å². The third kappa shape index (κ3) is 3.39. The van der Waals surface area contributed by atoms with Crippen molar-refractivity contribution >= 4 is 16.2 Å². The Balaban J connectivity index is 2.29. The molecular formula is C15H16F4N4O2S. The quantitative estimate of drug-likeness (QED) is 0.623. The van der Waals surface area contributed by atoms with Gasteiger partial charge >= 0.3 is 16.4 Å². The van der Waals surface area contributed by atoms with E-state index in [4.69, 9.17) is 0 Å². The molecule has 11 heteroatoms. The molecular weight excluding hydrogens is 376 g/mol. The molecule has 1 aliphatic rings. The van der Waals surface area contributed by atoms with Gasteiger partial charge in [-0.15, -0.1) is 8.98 Å². The van der Waals surface area contributed by atoms with Gasteiger partial charge in [-0.2, -0.15) is 31.3 Å². The van der Waals surface area contributed by atoms with Crippen LogP contribution in [0.1, 0.15) is 42.6 Å². The Labute approximate surface area is 147 Å². The van der Waals surface area contributed by atoms with E-state index in [-0.39, 0.29) is 29.5 Å². The topological polar surface area (TPSA) is 76.9 Å². The van der Waals surface area contributed by atoms with E-state index in [0.717, 1.165) is 23.6 Å². The molecule has 1 aliphatic carbocycles. The Morgan fingerprint density at radius 1 is 1.31 bits per heavy atom. The van der Waals surface area contributed by atoms with Crippen molar-refractivity contribution in [2.24, 2.45) is 0 Å². The summed E-state index contributed by atoms with van der Waals surface area (Å²) in [6.45, 7) is 1.68. The standard InChI is InChI=1S/C15H16F4N4O2S/c1-3-8-6-10(9-4-5-9)11(7-12(8)26(19,24)25)23-14(20-2)21-13(22-23)15(16,17)18/h6-7,9H,3-5H2,1-2H3,(H,20,21,22). The van der Waals surface area contributed by atoms with Crippen LogP contribution in [0.3, 0.4) is 0 Å². The molecule has 0 atom stereocenters. The minimum absolute atomic E-state index is 0.0647. The summed E-state index contributed by atoms with van der Waals surface area (Å²) in [7, 11) is -3.68. The number of halogens is 4. The molecule has 0 amide bonds. The molecule has 0 bridgehead atoms. The molecule has 0 spiro atoms. The van der Waals surface area contributed by atoms with Gasteiger partial charge in [0.15, 0.2) is 0 Å². The lowest BCUT2D eigenvalue weighted by Gasteiger charge is -2.15. The van der Waals surface area contributed by atoms with Crippen molar-refractivity contribution in [2.45, 2.75) is 43.2 Å². The van der Waals surface area contributed by atoms with Crippen LogP contribution in [0.25, 0.3) is 5.69 Å². The second-order valence-electron chi connectivity index (χ2n) is 6.00. The Morgan fingerprint density at radius 3 is 2.42 bits per heavy atom. The molecule has 0 unspecified atom stereocenters. The molecule has 1 fully saturated rings. The number of nitrogens with one attached hydrogen (secondary N) is 1. The fourth-order valence-corrected chi connectivity index (χ4v) is 3.57. The van der Waals surface area contributed by atoms with Crippen LogP contribution in [0.5, 0.6) is 0 Å². The van der Waals surface area contributed by atoms with Gasteiger partial charge in [0, 0.05) is 7.05 Å². The molecule has 26 heavy (non-hydrogen) atoms. The van der Waals surface area contributed by atoms with Gasteiger partial charge in [0.25, 0.3) is 5.82 Å². The van der Waals surface area contributed by atoms with Gasteiger partial charge in [0.1, 0.15) is 4.90 Å². The van der Waals surface area contributed by atoms with Gasteiger partial charge in [0.2, 0.25) is 5.95 Å². The highest BCUT2D eigenvalue weighted by Gasteiger charge is 2.38. The minimum Gasteiger partial charge on any atom is -0.357 e. The predicted molar refractivity (Wildman–Crippen MR) is 85.6 cm³/mol. The first-order valence-corrected chi connectivity index (χ1v) is 9.28. The van der Waals surface area contributed by atoms with E-state index in [1.807, 2.05) is 0 Å². The first kappa shape index (κ1) is 18.6. The van der Waals surface area contributed by atoms with Crippen LogP contribution in [0.15, 0.2) is 17.0 Å². The van der Waals surface area contributed by atoms with Gasteiger partial charge < -0.3 is 5.32 Å². The summed E-state index contributed by atoms with van der Waals surface area (Å²) >= 11 is 0. The zero-order chi connectivity index (χ0) is 19.3. The van der Waals surface area contributed by atoms with Gasteiger partial charge in [-0.1, -0.05) is 13.0 Å². The van der Waals surface area contributed by atoms with Crippen LogP contribution in [0.4, 0.5) is 23.0 Å². The number of aromatic nitrogens is 3. The third-order valence-electron chi connectivity index (χ3n) is 4.18. The molecule has 1 aromatic carbocycles. The van der Waals surface area contributed by atoms with E-state index in [2.05, 4.69) is 15.4 Å². The van der Waals surface area contributed by atoms with Crippen molar-refractivity contribution < 1.29 is 25.5 Å². The lowest BCUT2D eigenvalue weighted by atomic mass is 10.0. The lowest BCUT2D eigenvalue weighted by molar-refractivity contribution is -0.144. The van der Waals surface area contributed by atoms with Crippen LogP contribution >= 0.6 is 0 Å². The van der Waals surface area contributed by atoms with Crippen molar-refractivity contribution in [2.75, 3.05) is 12.4 Å². The van der Waals surface area contributed by atoms with Gasteiger partial charge in [0.05, 0.1) is 5.69 Å². The Bertz CT molecular complexity index is 949. The molecule has 3 rings (SSSR count). The first-order valence-electron chi connectivity index (χ1n) is 7.90. The Hall–Kier alpha value is -2.17. The van der Waals surface area contributed by atoms with Crippen LogP contribution in [0.2, 0.25) is 0 Å². The summed E-state index contributed by atoms with van der Waals surface area (Å²) < 4.78 is 76.5. The predicted octanol–water partition coefficient (Wildman–Crippen LogP) is 3.43. The highest BCUT2D eigenvalue weighted by molar-refractivity contribution is 7.86. The largest absolute Gasteiger partial charge is 0.453 e. The van der Waals surface area contributed by atoms with Crippen molar-refractivity contribution in [1.82, 2.24) is 14.8 Å². The lowest BCUT2D eigenvalue weighted by Crippen LogP contribution is -2.11. The number of nitrogens with zero attached hydrogens (tertiary/aromatic N) is 3. The summed E-state index contributed by atoms with van der Waals surface area (Å²) in [5.41, 5.74) is 0.984. The molecule has 2 aromatic rings. The fourth-order valence-electron chi connectivity index (χ4n) is 2.80. The maximum Gasteiger partial charge on any atom is 0.453 e. The van der Waals surface area contributed by atoms with Crippen molar-refractivity contribution in [3.8, 4) is 5.69 Å². The van der Waals surface area contributed by atoms with E-state index >= 15 is 0 Å². The zero-order valence-electron chi connectivity index (χ0n) is 13.9. The molecule has 1 heterocycles. The molecule has 142 valence electrons. The number of anilines is 1. The van der Waals surface area contributed by atoms with Crippen molar-refractivity contribution in [3.63, 3.8) is 0 Å². The average Bonchev–Trinajstić information content (AvgIpc) is 3.29. The van der Waals surface area contributed by atoms with E-state index < -0.39 is 27.1 Å². The maximum absolute atomic E-state index is 13.7. The summed E-state index contributed by atoms with van der Waals surface area (Å²) in [6.07, 6.45) is -2.88. The zero-order valence-corrected chi connectivity index (χ0v) is 14.7. The van der Waals surface area contributed by atoms with E-state index in [1.54, 1.807) is 6.92 Å². The van der Waals surface area contributed by atoms with Crippen LogP contribution < -0.4 is 5.32 Å². The maximum atomic E-state index is 13.7. The number of hydrogen-bond acceptors (Lipinski definition) is 5. The Morgan fingerprint density at radius 2 is 1.96 bits per heavy atom.